The normalized spacial score (nSPS) is 17.1. The van der Waals surface area contributed by atoms with Gasteiger partial charge in [0.1, 0.15) is 17.2 Å². The molecule has 1 saturated heterocycles. The maximum absolute atomic E-state index is 11.8. The second-order valence-corrected chi connectivity index (χ2v) is 7.23. The van der Waals surface area contributed by atoms with Gasteiger partial charge in [0, 0.05) is 24.0 Å². The molecule has 3 rings (SSSR count). The van der Waals surface area contributed by atoms with Gasteiger partial charge in [0.15, 0.2) is 0 Å². The number of hydrogen-bond donors (Lipinski definition) is 2. The summed E-state index contributed by atoms with van der Waals surface area (Å²) < 4.78 is 10.7. The first-order valence-corrected chi connectivity index (χ1v) is 8.17. The van der Waals surface area contributed by atoms with Gasteiger partial charge >= 0.3 is 12.1 Å². The van der Waals surface area contributed by atoms with Gasteiger partial charge in [-0.3, -0.25) is 9.69 Å². The van der Waals surface area contributed by atoms with Crippen molar-refractivity contribution in [2.24, 2.45) is 0 Å². The Kier molecular flexibility index (Phi) is 4.43. The predicted molar refractivity (Wildman–Crippen MR) is 91.3 cm³/mol. The van der Waals surface area contributed by atoms with E-state index in [1.165, 1.54) is 6.26 Å². The van der Waals surface area contributed by atoms with Gasteiger partial charge in [0.2, 0.25) is 0 Å². The van der Waals surface area contributed by atoms with Crippen LogP contribution in [0.5, 0.6) is 0 Å². The quantitative estimate of drug-likeness (QED) is 0.884. The first kappa shape index (κ1) is 17.3. The summed E-state index contributed by atoms with van der Waals surface area (Å²) >= 11 is 0. The predicted octanol–water partition coefficient (Wildman–Crippen LogP) is 2.77. The van der Waals surface area contributed by atoms with Gasteiger partial charge in [-0.15, -0.1) is 0 Å². The number of hydrogen-bond acceptors (Lipinski definition) is 5. The molecule has 0 saturated carbocycles. The smallest absolute Gasteiger partial charge is 0.407 e. The topological polar surface area (TPSA) is 92.0 Å². The number of furan rings is 1. The second-order valence-electron chi connectivity index (χ2n) is 7.23. The van der Waals surface area contributed by atoms with Crippen molar-refractivity contribution in [2.75, 3.05) is 13.1 Å². The Bertz CT molecular complexity index is 786. The minimum absolute atomic E-state index is 0.130. The molecule has 1 aromatic heterocycles. The van der Waals surface area contributed by atoms with Crippen molar-refractivity contribution in [3.63, 3.8) is 0 Å². The van der Waals surface area contributed by atoms with E-state index in [1.807, 2.05) is 18.2 Å². The molecule has 1 aromatic carbocycles. The minimum atomic E-state index is -0.942. The Balaban J connectivity index is 1.67. The number of alkyl carbamates (subject to hydrolysis) is 1. The largest absolute Gasteiger partial charge is 0.480 e. The van der Waals surface area contributed by atoms with Crippen LogP contribution in [0.3, 0.4) is 0 Å². The Morgan fingerprint density at radius 3 is 2.64 bits per heavy atom. The number of carbonyl (C=O) groups excluding carboxylic acids is 1. The fraction of sp³-hybridized carbons (Fsp3) is 0.444. The standard InChI is InChI=1S/C18H22N2O5/c1-18(2,3)25-17(23)19-11-8-20(9-11)15(16(21)22)13-10-24-14-7-5-4-6-12(13)14/h4-7,10-11,15H,8-9H2,1-3H3,(H,19,23)(H,21,22)/t15-/m0/s1. The number of ether oxygens (including phenoxy) is 1. The van der Waals surface area contributed by atoms with E-state index in [2.05, 4.69) is 5.32 Å². The third-order valence-corrected chi connectivity index (χ3v) is 4.04. The number of para-hydroxylation sites is 1. The zero-order valence-electron chi connectivity index (χ0n) is 14.5. The first-order chi connectivity index (χ1) is 11.7. The highest BCUT2D eigenvalue weighted by atomic mass is 16.6. The highest BCUT2D eigenvalue weighted by Gasteiger charge is 2.39. The average Bonchev–Trinajstić information content (AvgIpc) is 2.86. The van der Waals surface area contributed by atoms with E-state index in [0.29, 0.717) is 24.2 Å². The van der Waals surface area contributed by atoms with Gasteiger partial charge in [-0.1, -0.05) is 18.2 Å². The lowest BCUT2D eigenvalue weighted by Crippen LogP contribution is -2.61. The van der Waals surface area contributed by atoms with E-state index in [0.717, 1.165) is 5.39 Å². The van der Waals surface area contributed by atoms with Crippen molar-refractivity contribution in [3.8, 4) is 0 Å². The Labute approximate surface area is 145 Å². The van der Waals surface area contributed by atoms with Gasteiger partial charge in [-0.25, -0.2) is 4.79 Å². The van der Waals surface area contributed by atoms with E-state index in [9.17, 15) is 14.7 Å². The fourth-order valence-corrected chi connectivity index (χ4v) is 2.99. The summed E-state index contributed by atoms with van der Waals surface area (Å²) in [4.78, 5) is 25.4. The molecular weight excluding hydrogens is 324 g/mol. The monoisotopic (exact) mass is 346 g/mol. The molecule has 1 aliphatic heterocycles. The molecule has 0 spiro atoms. The summed E-state index contributed by atoms with van der Waals surface area (Å²) in [5.41, 5.74) is 0.721. The number of carbonyl (C=O) groups is 2. The summed E-state index contributed by atoms with van der Waals surface area (Å²) in [5.74, 6) is -0.942. The molecule has 0 unspecified atom stereocenters. The molecule has 1 aliphatic rings. The van der Waals surface area contributed by atoms with Crippen molar-refractivity contribution in [1.29, 1.82) is 0 Å². The number of amides is 1. The molecule has 7 nitrogen and oxygen atoms in total. The Hall–Kier alpha value is -2.54. The van der Waals surface area contributed by atoms with E-state index >= 15 is 0 Å². The van der Waals surface area contributed by atoms with Crippen LogP contribution in [0, 0.1) is 0 Å². The molecule has 0 bridgehead atoms. The zero-order chi connectivity index (χ0) is 18.2. The van der Waals surface area contributed by atoms with Crippen molar-refractivity contribution < 1.29 is 23.8 Å². The molecule has 0 aliphatic carbocycles. The van der Waals surface area contributed by atoms with Crippen molar-refractivity contribution in [1.82, 2.24) is 10.2 Å². The minimum Gasteiger partial charge on any atom is -0.480 e. The van der Waals surface area contributed by atoms with Gasteiger partial charge in [-0.05, 0) is 26.8 Å². The lowest BCUT2D eigenvalue weighted by atomic mass is 9.99. The van der Waals surface area contributed by atoms with Crippen LogP contribution in [0.4, 0.5) is 4.79 Å². The molecule has 2 N–H and O–H groups in total. The lowest BCUT2D eigenvalue weighted by molar-refractivity contribution is -0.145. The molecule has 7 heteroatoms. The number of nitrogens with zero attached hydrogens (tertiary/aromatic N) is 1. The number of nitrogens with one attached hydrogen (secondary N) is 1. The third kappa shape index (κ3) is 3.76. The molecule has 2 heterocycles. The Morgan fingerprint density at radius 2 is 2.00 bits per heavy atom. The van der Waals surface area contributed by atoms with E-state index < -0.39 is 23.7 Å². The molecule has 1 fully saturated rings. The molecule has 134 valence electrons. The molecule has 0 radical (unpaired) electrons. The number of benzene rings is 1. The van der Waals surface area contributed by atoms with Crippen LogP contribution >= 0.6 is 0 Å². The summed E-state index contributed by atoms with van der Waals surface area (Å²) in [6.07, 6.45) is 1.01. The number of carboxylic acid groups (broad SMARTS) is 1. The molecular formula is C18H22N2O5. The highest BCUT2D eigenvalue weighted by Crippen LogP contribution is 2.33. The first-order valence-electron chi connectivity index (χ1n) is 8.17. The molecule has 2 aromatic rings. The second kappa shape index (κ2) is 6.40. The molecule has 1 atom stereocenters. The lowest BCUT2D eigenvalue weighted by Gasteiger charge is -2.42. The summed E-state index contributed by atoms with van der Waals surface area (Å²) in [7, 11) is 0. The number of fused-ring (bicyclic) bond motifs is 1. The van der Waals surface area contributed by atoms with Crippen LogP contribution in [-0.4, -0.2) is 46.8 Å². The van der Waals surface area contributed by atoms with Crippen LogP contribution in [0.15, 0.2) is 34.9 Å². The maximum Gasteiger partial charge on any atom is 0.407 e. The number of rotatable bonds is 4. The maximum atomic E-state index is 11.8. The van der Waals surface area contributed by atoms with Crippen LogP contribution in [0.25, 0.3) is 11.0 Å². The number of aliphatic carboxylic acids is 1. The van der Waals surface area contributed by atoms with Crippen LogP contribution < -0.4 is 5.32 Å². The van der Waals surface area contributed by atoms with Crippen molar-refractivity contribution in [2.45, 2.75) is 38.5 Å². The SMILES string of the molecule is CC(C)(C)OC(=O)NC1CN([C@H](C(=O)O)c2coc3ccccc23)C1. The Morgan fingerprint density at radius 1 is 1.32 bits per heavy atom. The summed E-state index contributed by atoms with van der Waals surface area (Å²) in [6, 6.07) is 6.41. The summed E-state index contributed by atoms with van der Waals surface area (Å²) in [5, 5.41) is 13.2. The third-order valence-electron chi connectivity index (χ3n) is 4.04. The fourth-order valence-electron chi connectivity index (χ4n) is 2.99. The van der Waals surface area contributed by atoms with Gasteiger partial charge in [0.25, 0.3) is 0 Å². The van der Waals surface area contributed by atoms with Crippen LogP contribution in [0.1, 0.15) is 32.4 Å². The van der Waals surface area contributed by atoms with E-state index in [4.69, 9.17) is 9.15 Å². The van der Waals surface area contributed by atoms with Gasteiger partial charge < -0.3 is 19.6 Å². The highest BCUT2D eigenvalue weighted by molar-refractivity contribution is 5.87. The van der Waals surface area contributed by atoms with E-state index in [1.54, 1.807) is 31.7 Å². The van der Waals surface area contributed by atoms with E-state index in [-0.39, 0.29) is 6.04 Å². The number of likely N-dealkylation sites (tertiary alicyclic amines) is 1. The van der Waals surface area contributed by atoms with Gasteiger partial charge in [-0.2, -0.15) is 0 Å². The molecule has 25 heavy (non-hydrogen) atoms. The molecule has 1 amide bonds. The van der Waals surface area contributed by atoms with Gasteiger partial charge in [0.05, 0.1) is 12.3 Å². The number of carboxylic acids is 1. The zero-order valence-corrected chi connectivity index (χ0v) is 14.5. The average molecular weight is 346 g/mol. The van der Waals surface area contributed by atoms with Crippen LogP contribution in [-0.2, 0) is 9.53 Å². The summed E-state index contributed by atoms with van der Waals surface area (Å²) in [6.45, 7) is 6.27. The van der Waals surface area contributed by atoms with Crippen molar-refractivity contribution in [3.05, 3.63) is 36.1 Å². The van der Waals surface area contributed by atoms with Crippen molar-refractivity contribution >= 4 is 23.0 Å². The van der Waals surface area contributed by atoms with Crippen LogP contribution in [0.2, 0.25) is 0 Å².